The fraction of sp³-hybridized carbons (Fsp3) is 0.240. The zero-order chi connectivity index (χ0) is 20.4. The molecule has 4 rings (SSSR count). The van der Waals surface area contributed by atoms with Crippen LogP contribution in [0.15, 0.2) is 72.8 Å². The maximum Gasteiger partial charge on any atom is 0.258 e. The molecule has 0 aromatic heterocycles. The molecule has 0 radical (unpaired) electrons. The van der Waals surface area contributed by atoms with E-state index in [1.807, 2.05) is 78.6 Å². The lowest BCUT2D eigenvalue weighted by molar-refractivity contribution is 0.0977. The highest BCUT2D eigenvalue weighted by Crippen LogP contribution is 2.50. The van der Waals surface area contributed by atoms with E-state index >= 15 is 0 Å². The molecule has 1 aliphatic rings. The summed E-state index contributed by atoms with van der Waals surface area (Å²) in [4.78, 5) is 15.5. The third-order valence-corrected chi connectivity index (χ3v) is 5.51. The summed E-state index contributed by atoms with van der Waals surface area (Å²) in [6.45, 7) is 4.76. The van der Waals surface area contributed by atoms with Crippen LogP contribution in [-0.4, -0.2) is 19.6 Å². The van der Waals surface area contributed by atoms with Crippen molar-refractivity contribution in [3.8, 4) is 11.5 Å². The maximum absolute atomic E-state index is 13.5. The number of amides is 1. The summed E-state index contributed by atoms with van der Waals surface area (Å²) in [7, 11) is 1.66. The van der Waals surface area contributed by atoms with Crippen molar-refractivity contribution < 1.29 is 14.3 Å². The minimum Gasteiger partial charge on any atom is -0.497 e. The summed E-state index contributed by atoms with van der Waals surface area (Å²) in [6.07, 6.45) is 0. The summed E-state index contributed by atoms with van der Waals surface area (Å²) in [5.74, 6) is 1.77. The van der Waals surface area contributed by atoms with Crippen molar-refractivity contribution in [2.75, 3.05) is 18.6 Å². The maximum atomic E-state index is 13.5. The lowest BCUT2D eigenvalue weighted by Gasteiger charge is -2.28. The number of anilines is 1. The van der Waals surface area contributed by atoms with Gasteiger partial charge in [-0.05, 0) is 60.5 Å². The highest BCUT2D eigenvalue weighted by Gasteiger charge is 2.40. The number of carbonyl (C=O) groups is 1. The molecule has 0 bridgehead atoms. The van der Waals surface area contributed by atoms with Crippen molar-refractivity contribution in [3.63, 3.8) is 0 Å². The van der Waals surface area contributed by atoms with Crippen LogP contribution in [0.4, 0.5) is 5.69 Å². The second kappa shape index (κ2) is 8.00. The van der Waals surface area contributed by atoms with E-state index in [4.69, 9.17) is 9.47 Å². The van der Waals surface area contributed by atoms with Gasteiger partial charge in [0.15, 0.2) is 0 Å². The Labute approximate surface area is 171 Å². The second-order valence-corrected chi connectivity index (χ2v) is 7.20. The Morgan fingerprint density at radius 1 is 0.966 bits per heavy atom. The van der Waals surface area contributed by atoms with Gasteiger partial charge in [-0.3, -0.25) is 9.69 Å². The Morgan fingerprint density at radius 3 is 2.31 bits per heavy atom. The molecule has 0 saturated heterocycles. The molecule has 4 heteroatoms. The van der Waals surface area contributed by atoms with Gasteiger partial charge < -0.3 is 9.47 Å². The van der Waals surface area contributed by atoms with Crippen molar-refractivity contribution in [2.45, 2.75) is 25.8 Å². The number of rotatable bonds is 5. The molecule has 0 aliphatic carbocycles. The molecule has 148 valence electrons. The Balaban J connectivity index is 1.81. The van der Waals surface area contributed by atoms with E-state index in [1.54, 1.807) is 7.11 Å². The van der Waals surface area contributed by atoms with Gasteiger partial charge in [-0.1, -0.05) is 37.3 Å². The van der Waals surface area contributed by atoms with E-state index in [9.17, 15) is 4.79 Å². The average Bonchev–Trinajstić information content (AvgIpc) is 3.06. The van der Waals surface area contributed by atoms with Crippen LogP contribution in [0, 0.1) is 0 Å². The summed E-state index contributed by atoms with van der Waals surface area (Å²) >= 11 is 0. The minimum absolute atomic E-state index is 0.00109. The molecule has 0 saturated carbocycles. The Morgan fingerprint density at radius 2 is 1.66 bits per heavy atom. The summed E-state index contributed by atoms with van der Waals surface area (Å²) in [5.41, 5.74) is 3.83. The van der Waals surface area contributed by atoms with Gasteiger partial charge in [0, 0.05) is 17.2 Å². The number of nitrogens with zero attached hydrogens (tertiary/aromatic N) is 1. The van der Waals surface area contributed by atoms with E-state index in [-0.39, 0.29) is 17.9 Å². The van der Waals surface area contributed by atoms with Crippen molar-refractivity contribution in [2.24, 2.45) is 0 Å². The molecule has 1 amide bonds. The molecule has 0 fully saturated rings. The number of ether oxygens (including phenoxy) is 2. The van der Waals surface area contributed by atoms with Crippen molar-refractivity contribution in [1.82, 2.24) is 0 Å². The molecule has 29 heavy (non-hydrogen) atoms. The highest BCUT2D eigenvalue weighted by atomic mass is 16.5. The normalized spacial score (nSPS) is 17.7. The first-order valence-electron chi connectivity index (χ1n) is 9.93. The van der Waals surface area contributed by atoms with Crippen molar-refractivity contribution in [1.29, 1.82) is 0 Å². The molecular formula is C25H25NO3. The molecule has 3 aromatic carbocycles. The van der Waals surface area contributed by atoms with Gasteiger partial charge in [0.2, 0.25) is 0 Å². The monoisotopic (exact) mass is 387 g/mol. The number of fused-ring (bicyclic) bond motifs is 1. The van der Waals surface area contributed by atoms with E-state index in [0.29, 0.717) is 12.2 Å². The van der Waals surface area contributed by atoms with Crippen LogP contribution in [0.1, 0.15) is 47.3 Å². The van der Waals surface area contributed by atoms with Gasteiger partial charge in [-0.25, -0.2) is 0 Å². The lowest BCUT2D eigenvalue weighted by Crippen LogP contribution is -2.33. The average molecular weight is 387 g/mol. The Bertz CT molecular complexity index is 998. The summed E-state index contributed by atoms with van der Waals surface area (Å²) in [5, 5.41) is 0. The molecule has 0 N–H and O–H groups in total. The molecule has 1 heterocycles. The van der Waals surface area contributed by atoms with Crippen LogP contribution in [0.3, 0.4) is 0 Å². The third-order valence-electron chi connectivity index (χ3n) is 5.51. The minimum atomic E-state index is -0.0968. The predicted octanol–water partition coefficient (Wildman–Crippen LogP) is 5.60. The smallest absolute Gasteiger partial charge is 0.258 e. The fourth-order valence-corrected chi connectivity index (χ4v) is 4.11. The van der Waals surface area contributed by atoms with Crippen LogP contribution in [0.2, 0.25) is 0 Å². The topological polar surface area (TPSA) is 38.8 Å². The largest absolute Gasteiger partial charge is 0.497 e. The first-order chi connectivity index (χ1) is 14.1. The van der Waals surface area contributed by atoms with Gasteiger partial charge in [-0.2, -0.15) is 0 Å². The number of benzene rings is 3. The van der Waals surface area contributed by atoms with E-state index in [2.05, 4.69) is 13.0 Å². The number of hydrogen-bond donors (Lipinski definition) is 0. The lowest BCUT2D eigenvalue weighted by atomic mass is 9.91. The number of methoxy groups -OCH3 is 1. The van der Waals surface area contributed by atoms with Gasteiger partial charge >= 0.3 is 0 Å². The molecule has 1 aliphatic heterocycles. The number of carbonyl (C=O) groups excluding carboxylic acids is 1. The van der Waals surface area contributed by atoms with Crippen LogP contribution in [0.5, 0.6) is 11.5 Å². The van der Waals surface area contributed by atoms with Gasteiger partial charge in [0.05, 0.1) is 19.8 Å². The summed E-state index contributed by atoms with van der Waals surface area (Å²) < 4.78 is 11.0. The highest BCUT2D eigenvalue weighted by molar-refractivity contribution is 6.08. The van der Waals surface area contributed by atoms with Crippen molar-refractivity contribution in [3.05, 3.63) is 89.5 Å². The van der Waals surface area contributed by atoms with E-state index < -0.39 is 0 Å². The van der Waals surface area contributed by atoms with Crippen LogP contribution in [0.25, 0.3) is 0 Å². The zero-order valence-electron chi connectivity index (χ0n) is 17.0. The SMILES string of the molecule is CCOc1ccc2c(c1)[C@@H](C)[C@H](c1ccc(OC)cc1)N2C(=O)c1ccccc1. The molecule has 3 aromatic rings. The van der Waals surface area contributed by atoms with Gasteiger partial charge in [0.1, 0.15) is 11.5 Å². The van der Waals surface area contributed by atoms with Crippen LogP contribution >= 0.6 is 0 Å². The molecule has 0 spiro atoms. The first-order valence-corrected chi connectivity index (χ1v) is 9.93. The van der Waals surface area contributed by atoms with Crippen LogP contribution < -0.4 is 14.4 Å². The molecule has 4 nitrogen and oxygen atoms in total. The number of hydrogen-bond acceptors (Lipinski definition) is 3. The summed E-state index contributed by atoms with van der Waals surface area (Å²) in [6, 6.07) is 23.3. The van der Waals surface area contributed by atoms with Gasteiger partial charge in [0.25, 0.3) is 5.91 Å². The van der Waals surface area contributed by atoms with Crippen molar-refractivity contribution >= 4 is 11.6 Å². The van der Waals surface area contributed by atoms with Gasteiger partial charge in [-0.15, -0.1) is 0 Å². The Hall–Kier alpha value is -3.27. The molecule has 2 atom stereocenters. The fourth-order valence-electron chi connectivity index (χ4n) is 4.11. The predicted molar refractivity (Wildman–Crippen MR) is 115 cm³/mol. The third kappa shape index (κ3) is 3.46. The van der Waals surface area contributed by atoms with E-state index in [1.165, 1.54) is 0 Å². The zero-order valence-corrected chi connectivity index (χ0v) is 17.0. The van der Waals surface area contributed by atoms with Crippen LogP contribution in [-0.2, 0) is 0 Å². The second-order valence-electron chi connectivity index (χ2n) is 7.20. The first kappa shape index (κ1) is 19.1. The Kier molecular flexibility index (Phi) is 5.26. The molecular weight excluding hydrogens is 362 g/mol. The van der Waals surface area contributed by atoms with E-state index in [0.717, 1.165) is 28.3 Å². The standard InChI is InChI=1S/C25H25NO3/c1-4-29-21-14-15-23-22(16-21)17(2)24(18-10-12-20(28-3)13-11-18)26(23)25(27)19-8-6-5-7-9-19/h5-17,24H,4H2,1-3H3/t17-,24-/m1/s1. The molecule has 0 unspecified atom stereocenters. The quantitative estimate of drug-likeness (QED) is 0.572.